The molecular weight excluding hydrogens is 772 g/mol. The minimum absolute atomic E-state index is 0.250. The number of rotatable bonds is 2. The van der Waals surface area contributed by atoms with Crippen LogP contribution in [0.4, 0.5) is 26.3 Å². The van der Waals surface area contributed by atoms with E-state index in [1.807, 2.05) is 19.1 Å². The van der Waals surface area contributed by atoms with E-state index in [-0.39, 0.29) is 30.6 Å². The molecule has 1 aliphatic rings. The predicted octanol–water partition coefficient (Wildman–Crippen LogP) is 8.64. The Balaban J connectivity index is 0.000000348. The van der Waals surface area contributed by atoms with E-state index in [0.29, 0.717) is 5.56 Å². The lowest BCUT2D eigenvalue weighted by Gasteiger charge is -2.32. The third-order valence-electron chi connectivity index (χ3n) is 6.50. The normalized spacial score (nSPS) is 14.7. The Hall–Kier alpha value is -2.59. The van der Waals surface area contributed by atoms with Gasteiger partial charge in [0.05, 0.1) is 22.1 Å². The minimum atomic E-state index is -4.13. The Bertz CT molecular complexity index is 1610. The monoisotopic (exact) mass is 802 g/mol. The molecule has 6 nitrogen and oxygen atoms in total. The molecule has 0 bridgehead atoms. The van der Waals surface area contributed by atoms with E-state index in [9.17, 15) is 26.3 Å². The lowest BCUT2D eigenvalue weighted by Crippen LogP contribution is -2.41. The summed E-state index contributed by atoms with van der Waals surface area (Å²) in [5, 5.41) is 2.17. The van der Waals surface area contributed by atoms with Crippen LogP contribution in [0.3, 0.4) is 0 Å². The lowest BCUT2D eigenvalue weighted by atomic mass is 9.78. The van der Waals surface area contributed by atoms with Crippen molar-refractivity contribution in [1.29, 1.82) is 0 Å². The second-order valence-electron chi connectivity index (χ2n) is 10.6. The first kappa shape index (κ1) is 41.4. The molecule has 4 aromatic rings. The first-order valence-corrected chi connectivity index (χ1v) is 16.3. The molecule has 1 aliphatic heterocycles. The number of halogens is 7. The number of thiophene rings is 2. The van der Waals surface area contributed by atoms with Crippen molar-refractivity contribution in [3.05, 3.63) is 63.8 Å². The molecule has 0 atom stereocenters. The van der Waals surface area contributed by atoms with Crippen LogP contribution in [-0.2, 0) is 34.9 Å². The zero-order chi connectivity index (χ0) is 35.5. The molecule has 0 spiro atoms. The van der Waals surface area contributed by atoms with Crippen LogP contribution in [0.2, 0.25) is 0 Å². The minimum Gasteiger partial charge on any atom is -0.399 e. The average molecular weight is 802 g/mol. The van der Waals surface area contributed by atoms with E-state index < -0.39 is 23.2 Å². The summed E-state index contributed by atoms with van der Waals surface area (Å²) in [6, 6.07) is 15.5. The van der Waals surface area contributed by atoms with Crippen molar-refractivity contribution < 1.29 is 54.8 Å². The molecule has 2 aromatic carbocycles. The van der Waals surface area contributed by atoms with E-state index in [1.165, 1.54) is 48.9 Å². The third-order valence-corrected chi connectivity index (χ3v) is 9.62. The van der Waals surface area contributed by atoms with Crippen molar-refractivity contribution >= 4 is 90.3 Å². The highest BCUT2D eigenvalue weighted by molar-refractivity contribution is 14.1. The van der Waals surface area contributed by atoms with Gasteiger partial charge in [0.1, 0.15) is 0 Å². The van der Waals surface area contributed by atoms with Gasteiger partial charge in [0.25, 0.3) is 0 Å². The van der Waals surface area contributed by atoms with Gasteiger partial charge in [-0.3, -0.25) is 0 Å². The van der Waals surface area contributed by atoms with Crippen molar-refractivity contribution in [3.8, 4) is 0 Å². The van der Waals surface area contributed by atoms with E-state index in [0.717, 1.165) is 20.4 Å². The Kier molecular flexibility index (Phi) is 15.8. The summed E-state index contributed by atoms with van der Waals surface area (Å²) < 4.78 is 82.8. The van der Waals surface area contributed by atoms with Crippen molar-refractivity contribution in [3.63, 3.8) is 0 Å². The summed E-state index contributed by atoms with van der Waals surface area (Å²) in [4.78, 5) is 34.9. The quantitative estimate of drug-likeness (QED) is 0.0874. The van der Waals surface area contributed by atoms with Crippen LogP contribution >= 0.6 is 45.3 Å². The SMILES string of the molecule is Cc1cc2cccc(B3OC(C)(C)C(C)(C)O3)c2s1.Cc1cc2cccc(CC(F)(F)F)c2s1.FC(F)(F)CI.O=C=O.O=C=O. The number of carbonyl (C=O) groups excluding carboxylic acids is 4. The molecule has 250 valence electrons. The molecule has 2 aromatic heterocycles. The fraction of sp³-hybridized carbons (Fsp3) is 0.400. The van der Waals surface area contributed by atoms with Crippen LogP contribution in [0.1, 0.15) is 43.0 Å². The summed E-state index contributed by atoms with van der Waals surface area (Å²) in [7, 11) is -0.272. The number of fused-ring (bicyclic) bond motifs is 2. The van der Waals surface area contributed by atoms with Gasteiger partial charge in [-0.2, -0.15) is 45.5 Å². The molecular formula is C30H30BF6IO6S2. The molecule has 3 heterocycles. The number of aryl methyl sites for hydroxylation is 2. The van der Waals surface area contributed by atoms with Crippen molar-refractivity contribution in [1.82, 2.24) is 0 Å². The summed E-state index contributed by atoms with van der Waals surface area (Å²) in [6.45, 7) is 12.4. The highest BCUT2D eigenvalue weighted by atomic mass is 127. The van der Waals surface area contributed by atoms with Crippen molar-refractivity contribution in [2.45, 2.75) is 71.5 Å². The summed E-state index contributed by atoms with van der Waals surface area (Å²) in [5.74, 6) is 0. The molecule has 16 heteroatoms. The van der Waals surface area contributed by atoms with Crippen LogP contribution in [0, 0.1) is 13.8 Å². The van der Waals surface area contributed by atoms with Crippen LogP contribution in [0.25, 0.3) is 20.2 Å². The maximum Gasteiger partial charge on any atom is 0.496 e. The maximum absolute atomic E-state index is 12.3. The van der Waals surface area contributed by atoms with E-state index in [4.69, 9.17) is 28.5 Å². The van der Waals surface area contributed by atoms with Crippen molar-refractivity contribution in [2.24, 2.45) is 0 Å². The second kappa shape index (κ2) is 17.5. The van der Waals surface area contributed by atoms with Gasteiger partial charge in [0, 0.05) is 24.6 Å². The first-order chi connectivity index (χ1) is 21.1. The zero-order valence-electron chi connectivity index (χ0n) is 25.5. The zero-order valence-corrected chi connectivity index (χ0v) is 29.3. The van der Waals surface area contributed by atoms with Gasteiger partial charge in [-0.15, -0.1) is 22.7 Å². The molecule has 46 heavy (non-hydrogen) atoms. The van der Waals surface area contributed by atoms with Crippen molar-refractivity contribution in [2.75, 3.05) is 4.43 Å². The molecule has 0 aliphatic carbocycles. The van der Waals surface area contributed by atoms with Gasteiger partial charge < -0.3 is 9.31 Å². The van der Waals surface area contributed by atoms with Gasteiger partial charge in [-0.05, 0) is 70.0 Å². The topological polar surface area (TPSA) is 86.7 Å². The number of hydrogen-bond donors (Lipinski definition) is 0. The van der Waals surface area contributed by atoms with Gasteiger partial charge in [-0.25, -0.2) is 0 Å². The average Bonchev–Trinajstić information content (AvgIpc) is 3.55. The Labute approximate surface area is 283 Å². The van der Waals surface area contributed by atoms with Gasteiger partial charge >= 0.3 is 31.8 Å². The van der Waals surface area contributed by atoms with Gasteiger partial charge in [-0.1, -0.05) is 59.0 Å². The fourth-order valence-electron chi connectivity index (χ4n) is 3.98. The highest BCUT2D eigenvalue weighted by Gasteiger charge is 2.52. The molecule has 1 saturated heterocycles. The van der Waals surface area contributed by atoms with E-state index >= 15 is 0 Å². The van der Waals surface area contributed by atoms with Crippen LogP contribution in [0.15, 0.2) is 48.5 Å². The number of hydrogen-bond acceptors (Lipinski definition) is 8. The Morgan fingerprint density at radius 2 is 1.13 bits per heavy atom. The van der Waals surface area contributed by atoms with Crippen LogP contribution < -0.4 is 5.46 Å². The first-order valence-electron chi connectivity index (χ1n) is 13.2. The molecule has 0 saturated carbocycles. The standard InChI is InChI=1S/C15H19BO2S.C11H9F3S.C2H2F3I.2CO2/c1-10-9-11-7-6-8-12(13(11)19-10)16-17-14(2,3)15(4,5)18-16;1-7-5-8-3-2-4-9(10(8)15-7)6-11(12,13)14;3-2(4,5)1-6;2*2-1-3/h6-9H,1-5H3;2-5H,6H2,1H3;1H2;;. The largest absolute Gasteiger partial charge is 0.496 e. The molecule has 1 fully saturated rings. The van der Waals surface area contributed by atoms with Gasteiger partial charge in [0.15, 0.2) is 0 Å². The predicted molar refractivity (Wildman–Crippen MR) is 174 cm³/mol. The maximum atomic E-state index is 12.3. The molecule has 0 amide bonds. The molecule has 5 rings (SSSR count). The lowest BCUT2D eigenvalue weighted by molar-refractivity contribution is -0.193. The Morgan fingerprint density at radius 3 is 1.54 bits per heavy atom. The van der Waals surface area contributed by atoms with Gasteiger partial charge in [0.2, 0.25) is 0 Å². The van der Waals surface area contributed by atoms with E-state index in [1.54, 1.807) is 23.5 Å². The highest BCUT2D eigenvalue weighted by Crippen LogP contribution is 2.38. The van der Waals surface area contributed by atoms with E-state index in [2.05, 4.69) is 58.9 Å². The number of benzene rings is 2. The molecule has 0 N–H and O–H groups in total. The molecule has 0 radical (unpaired) electrons. The second-order valence-corrected chi connectivity index (χ2v) is 13.9. The molecule has 0 unspecified atom stereocenters. The Morgan fingerprint density at radius 1 is 0.739 bits per heavy atom. The fourth-order valence-corrected chi connectivity index (χ4v) is 6.04. The smallest absolute Gasteiger partial charge is 0.399 e. The van der Waals surface area contributed by atoms with Crippen LogP contribution in [0.5, 0.6) is 0 Å². The third kappa shape index (κ3) is 12.9. The summed E-state index contributed by atoms with van der Waals surface area (Å²) >= 11 is 4.49. The summed E-state index contributed by atoms with van der Waals surface area (Å²) in [6.07, 6.45) is -8.45. The van der Waals surface area contributed by atoms with Crippen LogP contribution in [-0.4, -0.2) is 47.4 Å². The summed E-state index contributed by atoms with van der Waals surface area (Å²) in [5.41, 5.74) is 0.950. The number of alkyl halides is 7.